The molecule has 0 unspecified atom stereocenters. The molecule has 1 aromatic carbocycles. The Bertz CT molecular complexity index is 399. The predicted octanol–water partition coefficient (Wildman–Crippen LogP) is 4.02. The van der Waals surface area contributed by atoms with Crippen LogP contribution >= 0.6 is 11.8 Å². The van der Waals surface area contributed by atoms with Crippen LogP contribution in [-0.2, 0) is 6.18 Å². The Kier molecular flexibility index (Phi) is 4.02. The molecule has 1 aromatic rings. The number of alkyl halides is 3. The van der Waals surface area contributed by atoms with Crippen molar-refractivity contribution in [3.63, 3.8) is 0 Å². The third-order valence-corrected chi connectivity index (χ3v) is 2.88. The van der Waals surface area contributed by atoms with Crippen molar-refractivity contribution in [1.82, 2.24) is 0 Å². The van der Waals surface area contributed by atoms with Crippen molar-refractivity contribution in [2.45, 2.75) is 24.4 Å². The van der Waals surface area contributed by atoms with E-state index in [9.17, 15) is 18.0 Å². The molecule has 88 valence electrons. The van der Waals surface area contributed by atoms with Crippen LogP contribution in [0.15, 0.2) is 23.1 Å². The first-order valence-electron chi connectivity index (χ1n) is 4.68. The molecule has 0 aromatic heterocycles. The maximum Gasteiger partial charge on any atom is 0.417 e. The normalized spacial score (nSPS) is 11.6. The number of Topliss-reactive ketones (excluding diaryl/α,β-unsaturated/α-hetero) is 1. The molecule has 0 fully saturated rings. The van der Waals surface area contributed by atoms with Crippen LogP contribution in [0.4, 0.5) is 13.2 Å². The number of rotatable bonds is 3. The smallest absolute Gasteiger partial charge is 0.294 e. The standard InChI is InChI=1S/C11H11F3OS/c1-3-10(15)8-6-7(16-2)4-5-9(8)11(12,13)14/h4-6H,3H2,1-2H3. The summed E-state index contributed by atoms with van der Waals surface area (Å²) in [6.07, 6.45) is -2.65. The molecule has 5 heteroatoms. The van der Waals surface area contributed by atoms with E-state index < -0.39 is 17.5 Å². The van der Waals surface area contributed by atoms with E-state index >= 15 is 0 Å². The number of ketones is 1. The summed E-state index contributed by atoms with van der Waals surface area (Å²) in [5.74, 6) is -0.483. The van der Waals surface area contributed by atoms with E-state index in [-0.39, 0.29) is 12.0 Å². The summed E-state index contributed by atoms with van der Waals surface area (Å²) in [5, 5.41) is 0. The molecule has 0 aliphatic heterocycles. The number of halogens is 3. The van der Waals surface area contributed by atoms with E-state index in [4.69, 9.17) is 0 Å². The summed E-state index contributed by atoms with van der Waals surface area (Å²) in [5.41, 5.74) is -1.08. The van der Waals surface area contributed by atoms with E-state index in [0.29, 0.717) is 4.90 Å². The fraction of sp³-hybridized carbons (Fsp3) is 0.364. The average molecular weight is 248 g/mol. The topological polar surface area (TPSA) is 17.1 Å². The van der Waals surface area contributed by atoms with Crippen LogP contribution in [-0.4, -0.2) is 12.0 Å². The van der Waals surface area contributed by atoms with Crippen molar-refractivity contribution in [2.24, 2.45) is 0 Å². The minimum Gasteiger partial charge on any atom is -0.294 e. The second kappa shape index (κ2) is 4.91. The zero-order valence-electron chi connectivity index (χ0n) is 8.89. The quantitative estimate of drug-likeness (QED) is 0.593. The lowest BCUT2D eigenvalue weighted by Gasteiger charge is -2.12. The Morgan fingerprint density at radius 3 is 2.44 bits per heavy atom. The fourth-order valence-electron chi connectivity index (χ4n) is 1.32. The minimum atomic E-state index is -4.48. The van der Waals surface area contributed by atoms with Gasteiger partial charge in [-0.15, -0.1) is 11.8 Å². The van der Waals surface area contributed by atoms with Gasteiger partial charge in [-0.25, -0.2) is 0 Å². The van der Waals surface area contributed by atoms with Crippen molar-refractivity contribution in [3.8, 4) is 0 Å². The zero-order chi connectivity index (χ0) is 12.3. The number of hydrogen-bond acceptors (Lipinski definition) is 2. The van der Waals surface area contributed by atoms with Gasteiger partial charge in [0.1, 0.15) is 0 Å². The molecular weight excluding hydrogens is 237 g/mol. The average Bonchev–Trinajstić information content (AvgIpc) is 2.25. The van der Waals surface area contributed by atoms with Gasteiger partial charge in [0, 0.05) is 16.9 Å². The lowest BCUT2D eigenvalue weighted by molar-refractivity contribution is -0.137. The van der Waals surface area contributed by atoms with Crippen LogP contribution in [0, 0.1) is 0 Å². The van der Waals surface area contributed by atoms with Crippen LogP contribution in [0.5, 0.6) is 0 Å². The van der Waals surface area contributed by atoms with Gasteiger partial charge >= 0.3 is 6.18 Å². The Hall–Kier alpha value is -0.970. The Balaban J connectivity index is 3.33. The summed E-state index contributed by atoms with van der Waals surface area (Å²) < 4.78 is 37.9. The molecule has 0 spiro atoms. The van der Waals surface area contributed by atoms with E-state index in [2.05, 4.69) is 0 Å². The third kappa shape index (κ3) is 2.78. The van der Waals surface area contributed by atoms with Crippen LogP contribution in [0.3, 0.4) is 0 Å². The highest BCUT2D eigenvalue weighted by molar-refractivity contribution is 7.98. The lowest BCUT2D eigenvalue weighted by atomic mass is 10.0. The maximum atomic E-state index is 12.6. The molecule has 0 aliphatic carbocycles. The van der Waals surface area contributed by atoms with Crippen molar-refractivity contribution in [3.05, 3.63) is 29.3 Å². The SMILES string of the molecule is CCC(=O)c1cc(SC)ccc1C(F)(F)F. The molecule has 1 nitrogen and oxygen atoms in total. The summed E-state index contributed by atoms with van der Waals surface area (Å²) in [4.78, 5) is 12.1. The number of thioether (sulfide) groups is 1. The van der Waals surface area contributed by atoms with Gasteiger partial charge in [0.15, 0.2) is 5.78 Å². The highest BCUT2D eigenvalue weighted by Gasteiger charge is 2.34. The molecule has 0 bridgehead atoms. The molecule has 0 saturated carbocycles. The first-order valence-corrected chi connectivity index (χ1v) is 5.91. The van der Waals surface area contributed by atoms with Gasteiger partial charge in [-0.2, -0.15) is 13.2 Å². The highest BCUT2D eigenvalue weighted by atomic mass is 32.2. The number of hydrogen-bond donors (Lipinski definition) is 0. The Morgan fingerprint density at radius 2 is 2.00 bits per heavy atom. The molecule has 0 saturated heterocycles. The molecule has 0 heterocycles. The van der Waals surface area contributed by atoms with Crippen LogP contribution in [0.1, 0.15) is 29.3 Å². The molecule has 16 heavy (non-hydrogen) atoms. The minimum absolute atomic E-state index is 0.0704. The van der Waals surface area contributed by atoms with Gasteiger partial charge in [0.25, 0.3) is 0 Å². The van der Waals surface area contributed by atoms with Crippen LogP contribution in [0.2, 0.25) is 0 Å². The summed E-state index contributed by atoms with van der Waals surface area (Å²) in [6, 6.07) is 3.65. The molecule has 0 N–H and O–H groups in total. The lowest BCUT2D eigenvalue weighted by Crippen LogP contribution is -2.12. The first-order chi connectivity index (χ1) is 7.40. The van der Waals surface area contributed by atoms with Gasteiger partial charge in [-0.1, -0.05) is 6.92 Å². The van der Waals surface area contributed by atoms with E-state index in [1.54, 1.807) is 13.2 Å². The number of benzene rings is 1. The van der Waals surface area contributed by atoms with Gasteiger partial charge in [-0.3, -0.25) is 4.79 Å². The molecule has 0 atom stereocenters. The van der Waals surface area contributed by atoms with Gasteiger partial charge in [0.05, 0.1) is 5.56 Å². The second-order valence-corrected chi connectivity index (χ2v) is 4.07. The number of carbonyl (C=O) groups is 1. The second-order valence-electron chi connectivity index (χ2n) is 3.19. The highest BCUT2D eigenvalue weighted by Crippen LogP contribution is 2.34. The predicted molar refractivity (Wildman–Crippen MR) is 57.8 cm³/mol. The summed E-state index contributed by atoms with van der Waals surface area (Å²) >= 11 is 1.31. The molecule has 1 rings (SSSR count). The van der Waals surface area contributed by atoms with Gasteiger partial charge in [0.2, 0.25) is 0 Å². The monoisotopic (exact) mass is 248 g/mol. The zero-order valence-corrected chi connectivity index (χ0v) is 9.71. The van der Waals surface area contributed by atoms with Crippen molar-refractivity contribution >= 4 is 17.5 Å². The summed E-state index contributed by atoms with van der Waals surface area (Å²) in [7, 11) is 0. The molecule has 0 aliphatic rings. The van der Waals surface area contributed by atoms with Crippen molar-refractivity contribution in [1.29, 1.82) is 0 Å². The Morgan fingerprint density at radius 1 is 1.38 bits per heavy atom. The van der Waals surface area contributed by atoms with Crippen LogP contribution < -0.4 is 0 Å². The molecular formula is C11H11F3OS. The van der Waals surface area contributed by atoms with Crippen molar-refractivity contribution in [2.75, 3.05) is 6.26 Å². The largest absolute Gasteiger partial charge is 0.417 e. The maximum absolute atomic E-state index is 12.6. The molecule has 0 radical (unpaired) electrons. The van der Waals surface area contributed by atoms with Gasteiger partial charge in [-0.05, 0) is 24.5 Å². The molecule has 0 amide bonds. The van der Waals surface area contributed by atoms with E-state index in [1.807, 2.05) is 0 Å². The fourth-order valence-corrected chi connectivity index (χ4v) is 1.76. The van der Waals surface area contributed by atoms with Crippen molar-refractivity contribution < 1.29 is 18.0 Å². The Labute approximate surface area is 96.0 Å². The number of carbonyl (C=O) groups excluding carboxylic acids is 1. The van der Waals surface area contributed by atoms with Crippen LogP contribution in [0.25, 0.3) is 0 Å². The van der Waals surface area contributed by atoms with E-state index in [1.165, 1.54) is 23.9 Å². The summed E-state index contributed by atoms with van der Waals surface area (Å²) in [6.45, 7) is 1.55. The van der Waals surface area contributed by atoms with Gasteiger partial charge < -0.3 is 0 Å². The third-order valence-electron chi connectivity index (χ3n) is 2.15. The first kappa shape index (κ1) is 13.1. The van der Waals surface area contributed by atoms with E-state index in [0.717, 1.165) is 6.07 Å².